The standard InChI is InChI=1S/C32H39N5O4/c1-3-28-30(34-21-41-28)32(40)35-26-20-24(31(39)33-15-7-17-37-16-6-10-29(37)38)11-12-25(26)23-13-18-36(19-14-23)27-9-5-4-8-22(27)2/h4-5,8-9,11-12,20-21,23H,3,6-7,10,13-19H2,1-2H3,(H,33,39)(H,35,40). The molecule has 9 nitrogen and oxygen atoms in total. The third kappa shape index (κ3) is 6.61. The number of oxazole rings is 1. The van der Waals surface area contributed by atoms with Crippen LogP contribution in [0, 0.1) is 6.92 Å². The van der Waals surface area contributed by atoms with Crippen molar-refractivity contribution in [1.82, 2.24) is 15.2 Å². The molecule has 2 aromatic carbocycles. The highest BCUT2D eigenvalue weighted by atomic mass is 16.3. The Balaban J connectivity index is 1.30. The summed E-state index contributed by atoms with van der Waals surface area (Å²) in [6.45, 7) is 7.79. The number of nitrogens with one attached hydrogen (secondary N) is 2. The monoisotopic (exact) mass is 557 g/mol. The van der Waals surface area contributed by atoms with Crippen molar-refractivity contribution in [3.05, 3.63) is 77.0 Å². The van der Waals surface area contributed by atoms with Crippen molar-refractivity contribution in [3.8, 4) is 0 Å². The van der Waals surface area contributed by atoms with Crippen LogP contribution in [0.5, 0.6) is 0 Å². The quantitative estimate of drug-likeness (QED) is 0.343. The second kappa shape index (κ2) is 13.0. The smallest absolute Gasteiger partial charge is 0.277 e. The molecule has 41 heavy (non-hydrogen) atoms. The van der Waals surface area contributed by atoms with Crippen LogP contribution in [0.2, 0.25) is 0 Å². The van der Waals surface area contributed by atoms with Crippen LogP contribution >= 0.6 is 0 Å². The molecule has 2 saturated heterocycles. The van der Waals surface area contributed by atoms with Gasteiger partial charge in [-0.25, -0.2) is 4.98 Å². The Labute approximate surface area is 241 Å². The van der Waals surface area contributed by atoms with Crippen molar-refractivity contribution in [2.24, 2.45) is 0 Å². The number of carbonyl (C=O) groups excluding carboxylic acids is 3. The van der Waals surface area contributed by atoms with Gasteiger partial charge in [0.25, 0.3) is 11.8 Å². The van der Waals surface area contributed by atoms with Crippen LogP contribution in [-0.2, 0) is 11.2 Å². The van der Waals surface area contributed by atoms with Gasteiger partial charge in [0, 0.05) is 62.5 Å². The number of anilines is 2. The minimum absolute atomic E-state index is 0.190. The summed E-state index contributed by atoms with van der Waals surface area (Å²) in [6.07, 6.45) is 5.93. The summed E-state index contributed by atoms with van der Waals surface area (Å²) in [5.41, 5.74) is 4.92. The van der Waals surface area contributed by atoms with Crippen LogP contribution < -0.4 is 15.5 Å². The van der Waals surface area contributed by atoms with Crippen LogP contribution in [0.1, 0.15) is 82.7 Å². The molecule has 0 bridgehead atoms. The number of rotatable bonds is 10. The molecule has 0 aliphatic carbocycles. The highest BCUT2D eigenvalue weighted by Crippen LogP contribution is 2.36. The lowest BCUT2D eigenvalue weighted by molar-refractivity contribution is -0.127. The van der Waals surface area contributed by atoms with Gasteiger partial charge in [-0.3, -0.25) is 14.4 Å². The fourth-order valence-electron chi connectivity index (χ4n) is 5.91. The third-order valence-corrected chi connectivity index (χ3v) is 8.19. The average molecular weight is 558 g/mol. The van der Waals surface area contributed by atoms with E-state index in [1.165, 1.54) is 17.6 Å². The maximum atomic E-state index is 13.2. The van der Waals surface area contributed by atoms with Gasteiger partial charge in [0.2, 0.25) is 5.91 Å². The summed E-state index contributed by atoms with van der Waals surface area (Å²) in [5.74, 6) is 0.409. The summed E-state index contributed by atoms with van der Waals surface area (Å²) >= 11 is 0. The van der Waals surface area contributed by atoms with Crippen LogP contribution in [0.3, 0.4) is 0 Å². The van der Waals surface area contributed by atoms with E-state index in [2.05, 4.69) is 51.7 Å². The molecule has 0 atom stereocenters. The molecule has 2 aliphatic heterocycles. The van der Waals surface area contributed by atoms with Crippen molar-refractivity contribution >= 4 is 29.1 Å². The summed E-state index contributed by atoms with van der Waals surface area (Å²) in [7, 11) is 0. The maximum absolute atomic E-state index is 13.2. The van der Waals surface area contributed by atoms with Crippen molar-refractivity contribution < 1.29 is 18.8 Å². The van der Waals surface area contributed by atoms with Gasteiger partial charge in [-0.15, -0.1) is 0 Å². The molecule has 0 radical (unpaired) electrons. The van der Waals surface area contributed by atoms with Gasteiger partial charge in [-0.1, -0.05) is 31.2 Å². The van der Waals surface area contributed by atoms with Gasteiger partial charge < -0.3 is 24.9 Å². The minimum atomic E-state index is -0.345. The van der Waals surface area contributed by atoms with Gasteiger partial charge in [0.15, 0.2) is 12.1 Å². The Kier molecular flexibility index (Phi) is 9.01. The number of aromatic nitrogens is 1. The number of hydrogen-bond acceptors (Lipinski definition) is 6. The molecule has 2 N–H and O–H groups in total. The first-order valence-corrected chi connectivity index (χ1v) is 14.7. The molecule has 2 fully saturated rings. The highest BCUT2D eigenvalue weighted by molar-refractivity contribution is 6.05. The second-order valence-electron chi connectivity index (χ2n) is 10.9. The van der Waals surface area contributed by atoms with Crippen LogP contribution in [0.15, 0.2) is 53.3 Å². The molecule has 2 aliphatic rings. The molecule has 3 amide bonds. The fraction of sp³-hybridized carbons (Fsp3) is 0.438. The number of amides is 3. The van der Waals surface area contributed by atoms with Crippen molar-refractivity contribution in [3.63, 3.8) is 0 Å². The molecule has 3 heterocycles. The molecule has 9 heteroatoms. The number of aryl methyl sites for hydroxylation is 2. The minimum Gasteiger partial charge on any atom is -0.448 e. The van der Waals surface area contributed by atoms with E-state index in [0.717, 1.165) is 44.5 Å². The Morgan fingerprint density at radius 3 is 2.61 bits per heavy atom. The molecule has 5 rings (SSSR count). The highest BCUT2D eigenvalue weighted by Gasteiger charge is 2.26. The topological polar surface area (TPSA) is 108 Å². The van der Waals surface area contributed by atoms with E-state index in [-0.39, 0.29) is 29.3 Å². The first-order valence-electron chi connectivity index (χ1n) is 14.7. The molecule has 0 unspecified atom stereocenters. The summed E-state index contributed by atoms with van der Waals surface area (Å²) in [5, 5.41) is 6.01. The number of para-hydroxylation sites is 1. The predicted octanol–water partition coefficient (Wildman–Crippen LogP) is 4.92. The first-order chi connectivity index (χ1) is 19.9. The van der Waals surface area contributed by atoms with Crippen molar-refractivity contribution in [2.45, 2.75) is 58.3 Å². The van der Waals surface area contributed by atoms with Gasteiger partial charge in [0.1, 0.15) is 5.76 Å². The molecule has 216 valence electrons. The van der Waals surface area contributed by atoms with E-state index in [1.807, 2.05) is 24.0 Å². The lowest BCUT2D eigenvalue weighted by Gasteiger charge is -2.35. The lowest BCUT2D eigenvalue weighted by atomic mass is 9.87. The van der Waals surface area contributed by atoms with Crippen LogP contribution in [0.4, 0.5) is 11.4 Å². The normalized spacial score (nSPS) is 15.8. The van der Waals surface area contributed by atoms with E-state index < -0.39 is 0 Å². The Hall–Kier alpha value is -4.14. The summed E-state index contributed by atoms with van der Waals surface area (Å²) in [4.78, 5) is 46.5. The molecular formula is C32H39N5O4. The van der Waals surface area contributed by atoms with Gasteiger partial charge in [-0.05, 0) is 67.9 Å². The number of benzene rings is 2. The largest absolute Gasteiger partial charge is 0.448 e. The molecule has 0 spiro atoms. The average Bonchev–Trinajstić information content (AvgIpc) is 3.64. The molecule has 3 aromatic rings. The van der Waals surface area contributed by atoms with Crippen LogP contribution in [-0.4, -0.2) is 60.3 Å². The number of likely N-dealkylation sites (tertiary alicyclic amines) is 1. The van der Waals surface area contributed by atoms with Crippen molar-refractivity contribution in [2.75, 3.05) is 42.9 Å². The Morgan fingerprint density at radius 1 is 1.07 bits per heavy atom. The Morgan fingerprint density at radius 2 is 1.88 bits per heavy atom. The predicted molar refractivity (Wildman–Crippen MR) is 158 cm³/mol. The van der Waals surface area contributed by atoms with E-state index >= 15 is 0 Å². The fourth-order valence-corrected chi connectivity index (χ4v) is 5.91. The molecule has 0 saturated carbocycles. The summed E-state index contributed by atoms with van der Waals surface area (Å²) < 4.78 is 5.38. The van der Waals surface area contributed by atoms with Gasteiger partial charge in [0.05, 0.1) is 0 Å². The second-order valence-corrected chi connectivity index (χ2v) is 10.9. The number of hydrogen-bond donors (Lipinski definition) is 2. The molecular weight excluding hydrogens is 518 g/mol. The van der Waals surface area contributed by atoms with E-state index in [4.69, 9.17) is 4.42 Å². The first kappa shape index (κ1) is 28.4. The molecule has 1 aromatic heterocycles. The number of nitrogens with zero attached hydrogens (tertiary/aromatic N) is 3. The van der Waals surface area contributed by atoms with Crippen LogP contribution in [0.25, 0.3) is 0 Å². The van der Waals surface area contributed by atoms with E-state index in [1.54, 1.807) is 6.07 Å². The van der Waals surface area contributed by atoms with E-state index in [0.29, 0.717) is 49.4 Å². The zero-order chi connectivity index (χ0) is 28.8. The number of carbonyl (C=O) groups is 3. The SMILES string of the molecule is CCc1ocnc1C(=O)Nc1cc(C(=O)NCCCN2CCCC2=O)ccc1C1CCN(c2ccccc2C)CC1. The maximum Gasteiger partial charge on any atom is 0.277 e. The van der Waals surface area contributed by atoms with Gasteiger partial charge in [-0.2, -0.15) is 0 Å². The zero-order valence-electron chi connectivity index (χ0n) is 23.9. The Bertz CT molecular complexity index is 1390. The van der Waals surface area contributed by atoms with Gasteiger partial charge >= 0.3 is 0 Å². The summed E-state index contributed by atoms with van der Waals surface area (Å²) in [6, 6.07) is 14.0. The zero-order valence-corrected chi connectivity index (χ0v) is 23.9. The lowest BCUT2D eigenvalue weighted by Crippen LogP contribution is -2.33. The third-order valence-electron chi connectivity index (χ3n) is 8.19. The number of piperidine rings is 1. The van der Waals surface area contributed by atoms with E-state index in [9.17, 15) is 14.4 Å². The van der Waals surface area contributed by atoms with Crippen molar-refractivity contribution in [1.29, 1.82) is 0 Å².